The predicted molar refractivity (Wildman–Crippen MR) is 103 cm³/mol. The maximum atomic E-state index is 13.7. The van der Waals surface area contributed by atoms with Crippen LogP contribution in [0.15, 0.2) is 10.6 Å². The molecule has 158 valence electrons. The van der Waals surface area contributed by atoms with E-state index in [-0.39, 0.29) is 17.9 Å². The van der Waals surface area contributed by atoms with Gasteiger partial charge >= 0.3 is 0 Å². The zero-order valence-electron chi connectivity index (χ0n) is 17.0. The topological polar surface area (TPSA) is 76.2 Å². The molecule has 2 aromatic heterocycles. The normalized spacial score (nSPS) is 24.5. The second-order valence-electron chi connectivity index (χ2n) is 8.08. The Kier molecular flexibility index (Phi) is 5.31. The average Bonchev–Trinajstić information content (AvgIpc) is 3.27. The standard InChI is InChI=1S/C20H27F2N5O2/c1-4-16-18(12(3)25-29-16)20(28)26-7-5-6-13(10-26)14-9-15(19(21)22)27-17(23-14)8-11(2)24-27/h8,13-15,19,23H,4-7,9-10H2,1-3H3/t13?,14-,15+/m0/s1. The highest BCUT2D eigenvalue weighted by Crippen LogP contribution is 2.36. The number of nitrogens with one attached hydrogen (secondary N) is 1. The van der Waals surface area contributed by atoms with E-state index in [1.165, 1.54) is 4.68 Å². The molecule has 0 aromatic carbocycles. The summed E-state index contributed by atoms with van der Waals surface area (Å²) in [4.78, 5) is 15.0. The highest BCUT2D eigenvalue weighted by molar-refractivity contribution is 5.96. The first-order valence-electron chi connectivity index (χ1n) is 10.2. The number of rotatable bonds is 4. The van der Waals surface area contributed by atoms with Gasteiger partial charge in [0.1, 0.15) is 23.2 Å². The molecule has 2 aliphatic rings. The summed E-state index contributed by atoms with van der Waals surface area (Å²) in [6.07, 6.45) is 0.158. The maximum absolute atomic E-state index is 13.7. The van der Waals surface area contributed by atoms with Crippen LogP contribution in [-0.2, 0) is 6.42 Å². The number of hydrogen-bond donors (Lipinski definition) is 1. The fourth-order valence-electron chi connectivity index (χ4n) is 4.62. The fraction of sp³-hybridized carbons (Fsp3) is 0.650. The van der Waals surface area contributed by atoms with Crippen LogP contribution in [0, 0.1) is 19.8 Å². The number of piperidine rings is 1. The number of amides is 1. The number of carbonyl (C=O) groups is 1. The number of carbonyl (C=O) groups excluding carboxylic acids is 1. The maximum Gasteiger partial charge on any atom is 0.260 e. The van der Waals surface area contributed by atoms with Gasteiger partial charge in [-0.25, -0.2) is 13.5 Å². The Balaban J connectivity index is 1.53. The van der Waals surface area contributed by atoms with Gasteiger partial charge < -0.3 is 14.7 Å². The number of aromatic nitrogens is 3. The van der Waals surface area contributed by atoms with Crippen LogP contribution in [0.5, 0.6) is 0 Å². The minimum Gasteiger partial charge on any atom is -0.367 e. The molecular weight excluding hydrogens is 380 g/mol. The monoisotopic (exact) mass is 407 g/mol. The molecule has 0 bridgehead atoms. The van der Waals surface area contributed by atoms with Crippen molar-refractivity contribution in [2.24, 2.45) is 5.92 Å². The smallest absolute Gasteiger partial charge is 0.260 e. The van der Waals surface area contributed by atoms with Crippen LogP contribution in [0.2, 0.25) is 0 Å². The molecular formula is C20H27F2N5O2. The number of fused-ring (bicyclic) bond motifs is 1. The van der Waals surface area contributed by atoms with Crippen molar-refractivity contribution in [3.05, 3.63) is 28.8 Å². The molecule has 1 fully saturated rings. The third-order valence-electron chi connectivity index (χ3n) is 6.07. The van der Waals surface area contributed by atoms with Crippen molar-refractivity contribution >= 4 is 11.7 Å². The van der Waals surface area contributed by atoms with Gasteiger partial charge in [-0.15, -0.1) is 0 Å². The Morgan fingerprint density at radius 1 is 1.41 bits per heavy atom. The molecule has 7 nitrogen and oxygen atoms in total. The lowest BCUT2D eigenvalue weighted by molar-refractivity contribution is 0.0504. The second kappa shape index (κ2) is 7.76. The third-order valence-corrected chi connectivity index (χ3v) is 6.07. The minimum absolute atomic E-state index is 0.0765. The zero-order chi connectivity index (χ0) is 20.7. The summed E-state index contributed by atoms with van der Waals surface area (Å²) in [5.41, 5.74) is 1.86. The lowest BCUT2D eigenvalue weighted by Gasteiger charge is -2.41. The van der Waals surface area contributed by atoms with Gasteiger partial charge in [0.2, 0.25) is 0 Å². The molecule has 29 heavy (non-hydrogen) atoms. The van der Waals surface area contributed by atoms with Crippen LogP contribution in [0.25, 0.3) is 0 Å². The van der Waals surface area contributed by atoms with E-state index in [1.54, 1.807) is 19.9 Å². The molecule has 0 spiro atoms. The molecule has 0 aliphatic carbocycles. The summed E-state index contributed by atoms with van der Waals surface area (Å²) in [5, 5.41) is 11.6. The van der Waals surface area contributed by atoms with Crippen molar-refractivity contribution in [1.29, 1.82) is 0 Å². The van der Waals surface area contributed by atoms with Crippen molar-refractivity contribution in [2.45, 2.75) is 65.0 Å². The first-order chi connectivity index (χ1) is 13.9. The number of alkyl halides is 2. The van der Waals surface area contributed by atoms with Crippen molar-refractivity contribution in [3.8, 4) is 0 Å². The Morgan fingerprint density at radius 3 is 2.93 bits per heavy atom. The third kappa shape index (κ3) is 3.62. The minimum atomic E-state index is -2.48. The van der Waals surface area contributed by atoms with Crippen molar-refractivity contribution in [2.75, 3.05) is 18.4 Å². The van der Waals surface area contributed by atoms with Crippen LogP contribution in [0.3, 0.4) is 0 Å². The Hall–Kier alpha value is -2.45. The first-order valence-corrected chi connectivity index (χ1v) is 10.2. The molecule has 9 heteroatoms. The van der Waals surface area contributed by atoms with E-state index in [0.29, 0.717) is 54.5 Å². The lowest BCUT2D eigenvalue weighted by atomic mass is 9.85. The van der Waals surface area contributed by atoms with Gasteiger partial charge in [0.25, 0.3) is 12.3 Å². The van der Waals surface area contributed by atoms with Gasteiger partial charge in [-0.1, -0.05) is 12.1 Å². The summed E-state index contributed by atoms with van der Waals surface area (Å²) >= 11 is 0. The molecule has 3 atom stereocenters. The van der Waals surface area contributed by atoms with Crippen molar-refractivity contribution in [3.63, 3.8) is 0 Å². The molecule has 1 N–H and O–H groups in total. The van der Waals surface area contributed by atoms with Gasteiger partial charge in [0.05, 0.1) is 11.4 Å². The van der Waals surface area contributed by atoms with E-state index < -0.39 is 12.5 Å². The summed E-state index contributed by atoms with van der Waals surface area (Å²) in [6, 6.07) is 0.742. The first kappa shape index (κ1) is 19.8. The summed E-state index contributed by atoms with van der Waals surface area (Å²) in [5.74, 6) is 1.26. The van der Waals surface area contributed by atoms with E-state index in [4.69, 9.17) is 4.52 Å². The molecule has 4 rings (SSSR count). The van der Waals surface area contributed by atoms with E-state index in [1.807, 2.05) is 11.8 Å². The highest BCUT2D eigenvalue weighted by Gasteiger charge is 2.39. The van der Waals surface area contributed by atoms with Crippen LogP contribution < -0.4 is 5.32 Å². The molecule has 1 saturated heterocycles. The van der Waals surface area contributed by atoms with Gasteiger partial charge in [-0.05, 0) is 39.0 Å². The van der Waals surface area contributed by atoms with Gasteiger partial charge in [0, 0.05) is 31.6 Å². The number of halogens is 2. The quantitative estimate of drug-likeness (QED) is 0.838. The highest BCUT2D eigenvalue weighted by atomic mass is 19.3. The zero-order valence-corrected chi connectivity index (χ0v) is 17.0. The van der Waals surface area contributed by atoms with E-state index in [9.17, 15) is 13.6 Å². The summed E-state index contributed by atoms with van der Waals surface area (Å²) in [7, 11) is 0. The van der Waals surface area contributed by atoms with Gasteiger partial charge in [-0.2, -0.15) is 5.10 Å². The molecule has 0 radical (unpaired) electrons. The molecule has 1 unspecified atom stereocenters. The molecule has 2 aliphatic heterocycles. The van der Waals surface area contributed by atoms with Gasteiger partial charge in [-0.3, -0.25) is 4.79 Å². The average molecular weight is 407 g/mol. The Morgan fingerprint density at radius 2 is 2.21 bits per heavy atom. The lowest BCUT2D eigenvalue weighted by Crippen LogP contribution is -2.48. The number of anilines is 1. The van der Waals surface area contributed by atoms with Crippen LogP contribution >= 0.6 is 0 Å². The number of nitrogens with zero attached hydrogens (tertiary/aromatic N) is 4. The predicted octanol–water partition coefficient (Wildman–Crippen LogP) is 3.59. The molecule has 1 amide bonds. The summed E-state index contributed by atoms with van der Waals surface area (Å²) < 4.78 is 34.1. The van der Waals surface area contributed by atoms with Crippen molar-refractivity contribution < 1.29 is 18.1 Å². The summed E-state index contributed by atoms with van der Waals surface area (Å²) in [6.45, 7) is 6.70. The molecule has 2 aromatic rings. The van der Waals surface area contributed by atoms with E-state index in [0.717, 1.165) is 12.8 Å². The Labute approximate surface area is 168 Å². The molecule has 4 heterocycles. The fourth-order valence-corrected chi connectivity index (χ4v) is 4.62. The van der Waals surface area contributed by atoms with Crippen LogP contribution in [0.4, 0.5) is 14.6 Å². The molecule has 0 saturated carbocycles. The van der Waals surface area contributed by atoms with Gasteiger partial charge in [0.15, 0.2) is 0 Å². The van der Waals surface area contributed by atoms with Crippen LogP contribution in [-0.4, -0.2) is 51.3 Å². The Bertz CT molecular complexity index is 894. The van der Waals surface area contributed by atoms with E-state index in [2.05, 4.69) is 15.6 Å². The number of likely N-dealkylation sites (tertiary alicyclic amines) is 1. The van der Waals surface area contributed by atoms with Crippen molar-refractivity contribution in [1.82, 2.24) is 19.8 Å². The number of hydrogen-bond acceptors (Lipinski definition) is 5. The SMILES string of the molecule is CCc1onc(C)c1C(=O)N1CCCC([C@@H]2C[C@H](C(F)F)n3nc(C)cc3N2)C1. The van der Waals surface area contributed by atoms with Crippen LogP contribution in [0.1, 0.15) is 59.7 Å². The van der Waals surface area contributed by atoms with E-state index >= 15 is 0 Å². The number of aryl methyl sites for hydroxylation is 3. The second-order valence-corrected chi connectivity index (χ2v) is 8.08. The largest absolute Gasteiger partial charge is 0.367 e.